The van der Waals surface area contributed by atoms with E-state index in [0.29, 0.717) is 11.9 Å². The number of rotatable bonds is 6. The van der Waals surface area contributed by atoms with Gasteiger partial charge in [-0.05, 0) is 29.4 Å². The van der Waals surface area contributed by atoms with Crippen molar-refractivity contribution < 1.29 is 0 Å². The molecule has 0 aliphatic carbocycles. The number of nitrogens with zero attached hydrogens (tertiary/aromatic N) is 2. The van der Waals surface area contributed by atoms with Crippen LogP contribution in [0, 0.1) is 5.92 Å². The van der Waals surface area contributed by atoms with Crippen molar-refractivity contribution in [3.8, 4) is 0 Å². The van der Waals surface area contributed by atoms with Crippen LogP contribution in [0.15, 0.2) is 11.4 Å². The summed E-state index contributed by atoms with van der Waals surface area (Å²) in [5, 5.41) is 6.44. The van der Waals surface area contributed by atoms with Crippen LogP contribution >= 0.6 is 23.1 Å². The van der Waals surface area contributed by atoms with Gasteiger partial charge in [0.1, 0.15) is 10.6 Å². The molecule has 2 aromatic heterocycles. The Kier molecular flexibility index (Phi) is 4.62. The van der Waals surface area contributed by atoms with Gasteiger partial charge in [0.25, 0.3) is 0 Å². The molecular weight excluding hydrogens is 266 g/mol. The van der Waals surface area contributed by atoms with Crippen LogP contribution in [0.3, 0.4) is 0 Å². The molecule has 0 spiro atoms. The van der Waals surface area contributed by atoms with Crippen molar-refractivity contribution >= 4 is 45.1 Å². The van der Waals surface area contributed by atoms with Gasteiger partial charge in [-0.1, -0.05) is 6.92 Å². The largest absolute Gasteiger partial charge is 0.369 e. The van der Waals surface area contributed by atoms with Crippen LogP contribution in [0.25, 0.3) is 10.2 Å². The summed E-state index contributed by atoms with van der Waals surface area (Å²) in [5.74, 6) is 8.41. The first kappa shape index (κ1) is 13.4. The monoisotopic (exact) mass is 283 g/mol. The normalized spacial score (nSPS) is 12.6. The lowest BCUT2D eigenvalue weighted by molar-refractivity contribution is 0.700. The highest BCUT2D eigenvalue weighted by Gasteiger charge is 2.09. The third-order valence-electron chi connectivity index (χ3n) is 2.52. The summed E-state index contributed by atoms with van der Waals surface area (Å²) in [6.45, 7) is 3.12. The molecule has 0 bridgehead atoms. The van der Waals surface area contributed by atoms with Crippen LogP contribution in [-0.4, -0.2) is 28.5 Å². The Morgan fingerprint density at radius 2 is 2.33 bits per heavy atom. The van der Waals surface area contributed by atoms with E-state index in [0.717, 1.165) is 28.3 Å². The SMILES string of the molecule is CSCC(C)CNc1nc(NN)nc2sccc12. The Balaban J connectivity index is 2.18. The molecule has 1 atom stereocenters. The third kappa shape index (κ3) is 3.04. The average molecular weight is 283 g/mol. The van der Waals surface area contributed by atoms with Gasteiger partial charge in [0.15, 0.2) is 0 Å². The van der Waals surface area contributed by atoms with Gasteiger partial charge in [-0.2, -0.15) is 16.7 Å². The molecule has 18 heavy (non-hydrogen) atoms. The molecule has 0 aliphatic heterocycles. The molecule has 0 aliphatic rings. The number of hydrogen-bond acceptors (Lipinski definition) is 7. The molecule has 1 unspecified atom stereocenters. The molecule has 0 fully saturated rings. The third-order valence-corrected chi connectivity index (χ3v) is 4.23. The number of thioether (sulfide) groups is 1. The van der Waals surface area contributed by atoms with E-state index in [1.54, 1.807) is 11.3 Å². The van der Waals surface area contributed by atoms with E-state index in [-0.39, 0.29) is 0 Å². The Morgan fingerprint density at radius 1 is 1.50 bits per heavy atom. The van der Waals surface area contributed by atoms with Gasteiger partial charge in [-0.15, -0.1) is 11.3 Å². The Morgan fingerprint density at radius 3 is 3.06 bits per heavy atom. The highest BCUT2D eigenvalue weighted by atomic mass is 32.2. The second-order valence-electron chi connectivity index (χ2n) is 4.12. The number of hydrogen-bond donors (Lipinski definition) is 3. The summed E-state index contributed by atoms with van der Waals surface area (Å²) in [7, 11) is 0. The lowest BCUT2D eigenvalue weighted by Crippen LogP contribution is -2.16. The molecule has 98 valence electrons. The van der Waals surface area contributed by atoms with E-state index in [9.17, 15) is 0 Å². The lowest BCUT2D eigenvalue weighted by atomic mass is 10.2. The molecule has 0 aromatic carbocycles. The zero-order chi connectivity index (χ0) is 13.0. The molecular formula is C11H17N5S2. The van der Waals surface area contributed by atoms with E-state index < -0.39 is 0 Å². The van der Waals surface area contributed by atoms with Crippen LogP contribution in [0.1, 0.15) is 6.92 Å². The smallest absolute Gasteiger partial charge is 0.240 e. The van der Waals surface area contributed by atoms with Crippen LogP contribution in [0.4, 0.5) is 11.8 Å². The fraction of sp³-hybridized carbons (Fsp3) is 0.455. The Labute approximate surface area is 115 Å². The summed E-state index contributed by atoms with van der Waals surface area (Å²) < 4.78 is 0. The molecule has 0 saturated heterocycles. The summed E-state index contributed by atoms with van der Waals surface area (Å²) in [6.07, 6.45) is 2.12. The lowest BCUT2D eigenvalue weighted by Gasteiger charge is -2.12. The van der Waals surface area contributed by atoms with Crippen molar-refractivity contribution in [1.29, 1.82) is 0 Å². The number of nitrogen functional groups attached to an aromatic ring is 1. The van der Waals surface area contributed by atoms with Gasteiger partial charge in [-0.3, -0.25) is 5.43 Å². The highest BCUT2D eigenvalue weighted by Crippen LogP contribution is 2.26. The van der Waals surface area contributed by atoms with Crippen LogP contribution in [-0.2, 0) is 0 Å². The van der Waals surface area contributed by atoms with Crippen molar-refractivity contribution in [3.63, 3.8) is 0 Å². The van der Waals surface area contributed by atoms with Gasteiger partial charge in [0, 0.05) is 6.54 Å². The fourth-order valence-electron chi connectivity index (χ4n) is 1.67. The molecule has 5 nitrogen and oxygen atoms in total. The maximum atomic E-state index is 5.38. The van der Waals surface area contributed by atoms with Crippen molar-refractivity contribution in [1.82, 2.24) is 9.97 Å². The van der Waals surface area contributed by atoms with Gasteiger partial charge in [0.2, 0.25) is 5.95 Å². The molecule has 0 radical (unpaired) electrons. The molecule has 2 heterocycles. The molecule has 4 N–H and O–H groups in total. The predicted molar refractivity (Wildman–Crippen MR) is 81.3 cm³/mol. The van der Waals surface area contributed by atoms with Gasteiger partial charge < -0.3 is 5.32 Å². The van der Waals surface area contributed by atoms with Crippen LogP contribution in [0.5, 0.6) is 0 Å². The summed E-state index contributed by atoms with van der Waals surface area (Å²) in [6, 6.07) is 2.03. The minimum Gasteiger partial charge on any atom is -0.369 e. The van der Waals surface area contributed by atoms with E-state index in [1.807, 2.05) is 23.2 Å². The number of aromatic nitrogens is 2. The average Bonchev–Trinajstić information content (AvgIpc) is 2.84. The number of fused-ring (bicyclic) bond motifs is 1. The van der Waals surface area contributed by atoms with Crippen molar-refractivity contribution in [2.45, 2.75) is 6.92 Å². The Bertz CT molecular complexity index is 513. The second-order valence-corrected chi connectivity index (χ2v) is 5.93. The first-order valence-electron chi connectivity index (χ1n) is 5.69. The first-order valence-corrected chi connectivity index (χ1v) is 7.96. The van der Waals surface area contributed by atoms with E-state index >= 15 is 0 Å². The van der Waals surface area contributed by atoms with Crippen molar-refractivity contribution in [2.75, 3.05) is 29.3 Å². The number of nitrogens with one attached hydrogen (secondary N) is 2. The van der Waals surface area contributed by atoms with E-state index in [4.69, 9.17) is 5.84 Å². The van der Waals surface area contributed by atoms with Gasteiger partial charge >= 0.3 is 0 Å². The van der Waals surface area contributed by atoms with Crippen LogP contribution < -0.4 is 16.6 Å². The standard InChI is InChI=1S/C11H17N5S2/c1-7(6-17-2)5-13-9-8-3-4-18-10(8)15-11(14-9)16-12/h3-4,7H,5-6,12H2,1-2H3,(H2,13,14,15,16). The predicted octanol–water partition coefficient (Wildman–Crippen LogP) is 2.39. The number of hydrazine groups is 1. The summed E-state index contributed by atoms with van der Waals surface area (Å²) in [4.78, 5) is 9.61. The number of nitrogens with two attached hydrogens (primary N) is 1. The summed E-state index contributed by atoms with van der Waals surface area (Å²) in [5.41, 5.74) is 2.50. The zero-order valence-corrected chi connectivity index (χ0v) is 12.1. The van der Waals surface area contributed by atoms with E-state index in [2.05, 4.69) is 33.9 Å². The molecule has 0 amide bonds. The van der Waals surface area contributed by atoms with Crippen molar-refractivity contribution in [2.24, 2.45) is 11.8 Å². The first-order chi connectivity index (χ1) is 8.74. The Hall–Kier alpha value is -1.05. The zero-order valence-electron chi connectivity index (χ0n) is 10.4. The number of anilines is 2. The van der Waals surface area contributed by atoms with Crippen LogP contribution in [0.2, 0.25) is 0 Å². The fourth-order valence-corrected chi connectivity index (χ4v) is 3.12. The second kappa shape index (κ2) is 6.21. The number of thiophene rings is 1. The van der Waals surface area contributed by atoms with Gasteiger partial charge in [0.05, 0.1) is 5.39 Å². The minimum atomic E-state index is 0.449. The topological polar surface area (TPSA) is 75.9 Å². The molecule has 2 rings (SSSR count). The summed E-state index contributed by atoms with van der Waals surface area (Å²) >= 11 is 3.44. The maximum absolute atomic E-state index is 5.38. The molecule has 0 saturated carbocycles. The minimum absolute atomic E-state index is 0.449. The molecule has 7 heteroatoms. The van der Waals surface area contributed by atoms with Gasteiger partial charge in [-0.25, -0.2) is 10.8 Å². The maximum Gasteiger partial charge on any atom is 0.240 e. The highest BCUT2D eigenvalue weighted by molar-refractivity contribution is 7.98. The molecule has 2 aromatic rings. The van der Waals surface area contributed by atoms with Crippen molar-refractivity contribution in [3.05, 3.63) is 11.4 Å². The quantitative estimate of drug-likeness (QED) is 0.558. The van der Waals surface area contributed by atoms with E-state index in [1.165, 1.54) is 0 Å².